The van der Waals surface area contributed by atoms with Crippen LogP contribution >= 0.6 is 22.6 Å². The minimum Gasteiger partial charge on any atom is -0.387 e. The van der Waals surface area contributed by atoms with E-state index in [9.17, 15) is 18.7 Å². The summed E-state index contributed by atoms with van der Waals surface area (Å²) in [6, 6.07) is 7.32. The lowest BCUT2D eigenvalue weighted by Crippen LogP contribution is -2.44. The summed E-state index contributed by atoms with van der Waals surface area (Å²) in [5.74, 6) is -2.94. The van der Waals surface area contributed by atoms with Gasteiger partial charge in [-0.3, -0.25) is 9.63 Å². The van der Waals surface area contributed by atoms with Gasteiger partial charge in [0.25, 0.3) is 5.91 Å². The highest BCUT2D eigenvalue weighted by Gasteiger charge is 2.35. The first-order chi connectivity index (χ1) is 12.8. The zero-order chi connectivity index (χ0) is 19.6. The number of hydrogen-bond acceptors (Lipinski definition) is 4. The van der Waals surface area contributed by atoms with Crippen LogP contribution in [0.25, 0.3) is 0 Å². The number of aliphatic hydroxyl groups is 1. The zero-order valence-corrected chi connectivity index (χ0v) is 16.8. The van der Waals surface area contributed by atoms with Crippen LogP contribution in [-0.2, 0) is 4.84 Å². The molecule has 144 valence electrons. The van der Waals surface area contributed by atoms with Crippen molar-refractivity contribution in [3.05, 3.63) is 56.7 Å². The highest BCUT2D eigenvalue weighted by Crippen LogP contribution is 2.31. The van der Waals surface area contributed by atoms with E-state index in [4.69, 9.17) is 4.84 Å². The van der Waals surface area contributed by atoms with Gasteiger partial charge in [-0.05, 0) is 78.6 Å². The third-order valence-electron chi connectivity index (χ3n) is 4.55. The van der Waals surface area contributed by atoms with Crippen molar-refractivity contribution in [3.63, 3.8) is 0 Å². The summed E-state index contributed by atoms with van der Waals surface area (Å²) in [4.78, 5) is 17.5. The predicted octanol–water partition coefficient (Wildman–Crippen LogP) is 4.20. The van der Waals surface area contributed by atoms with Crippen molar-refractivity contribution >= 4 is 39.9 Å². The molecule has 3 N–H and O–H groups in total. The first kappa shape index (κ1) is 20.0. The molecule has 1 saturated carbocycles. The molecule has 2 aromatic rings. The van der Waals surface area contributed by atoms with Gasteiger partial charge >= 0.3 is 0 Å². The molecule has 5 nitrogen and oxygen atoms in total. The number of rotatable bonds is 6. The molecule has 0 saturated heterocycles. The van der Waals surface area contributed by atoms with Crippen LogP contribution < -0.4 is 10.8 Å². The third kappa shape index (κ3) is 4.74. The fourth-order valence-corrected chi connectivity index (χ4v) is 3.42. The molecule has 0 unspecified atom stereocenters. The first-order valence-corrected chi connectivity index (χ1v) is 9.52. The van der Waals surface area contributed by atoms with Gasteiger partial charge in [-0.15, -0.1) is 0 Å². The van der Waals surface area contributed by atoms with E-state index >= 15 is 0 Å². The molecule has 0 aliphatic heterocycles. The summed E-state index contributed by atoms with van der Waals surface area (Å²) in [7, 11) is 0. The number of hydrogen-bond donors (Lipinski definition) is 3. The molecule has 0 bridgehead atoms. The van der Waals surface area contributed by atoms with Crippen molar-refractivity contribution in [3.8, 4) is 0 Å². The van der Waals surface area contributed by atoms with E-state index in [0.717, 1.165) is 27.7 Å². The number of carbonyl (C=O) groups is 1. The topological polar surface area (TPSA) is 70.6 Å². The van der Waals surface area contributed by atoms with E-state index in [-0.39, 0.29) is 17.9 Å². The quantitative estimate of drug-likeness (QED) is 0.421. The molecule has 2 aromatic carbocycles. The Labute approximate surface area is 169 Å². The van der Waals surface area contributed by atoms with Gasteiger partial charge in [0.15, 0.2) is 11.6 Å². The Bertz CT molecular complexity index is 872. The Kier molecular flexibility index (Phi) is 5.97. The Balaban J connectivity index is 1.78. The van der Waals surface area contributed by atoms with E-state index in [1.165, 1.54) is 0 Å². The van der Waals surface area contributed by atoms with Gasteiger partial charge in [0, 0.05) is 15.3 Å². The Hall–Kier alpha value is -1.78. The van der Waals surface area contributed by atoms with Gasteiger partial charge in [0.05, 0.1) is 16.9 Å². The first-order valence-electron chi connectivity index (χ1n) is 8.44. The molecule has 0 radical (unpaired) electrons. The number of hydroxylamine groups is 1. The minimum absolute atomic E-state index is 0.0542. The molecule has 3 rings (SSSR count). The summed E-state index contributed by atoms with van der Waals surface area (Å²) in [5.41, 5.74) is 2.83. The SMILES string of the molecule is Cc1cc(I)ccc1Nc1cc(F)c(F)cc1C(=O)NOCC1(O)CCC1. The molecule has 1 aliphatic rings. The minimum atomic E-state index is -1.14. The van der Waals surface area contributed by atoms with Crippen LogP contribution in [0.15, 0.2) is 30.3 Å². The molecule has 0 atom stereocenters. The van der Waals surface area contributed by atoms with Crippen molar-refractivity contribution in [1.82, 2.24) is 5.48 Å². The van der Waals surface area contributed by atoms with Crippen LogP contribution in [0.3, 0.4) is 0 Å². The van der Waals surface area contributed by atoms with Gasteiger partial charge in [-0.2, -0.15) is 0 Å². The maximum atomic E-state index is 13.7. The normalized spacial score (nSPS) is 15.1. The monoisotopic (exact) mass is 488 g/mol. The lowest BCUT2D eigenvalue weighted by molar-refractivity contribution is -0.113. The van der Waals surface area contributed by atoms with Crippen LogP contribution in [0.2, 0.25) is 0 Å². The molecule has 0 heterocycles. The van der Waals surface area contributed by atoms with Crippen LogP contribution in [0.4, 0.5) is 20.2 Å². The van der Waals surface area contributed by atoms with Crippen LogP contribution in [0.5, 0.6) is 0 Å². The highest BCUT2D eigenvalue weighted by molar-refractivity contribution is 14.1. The van der Waals surface area contributed by atoms with E-state index in [2.05, 4.69) is 33.4 Å². The number of anilines is 2. The molecule has 0 spiro atoms. The number of carbonyl (C=O) groups excluding carboxylic acids is 1. The number of nitrogens with one attached hydrogen (secondary N) is 2. The molecule has 8 heteroatoms. The number of halogens is 3. The Morgan fingerprint density at radius 3 is 2.56 bits per heavy atom. The molecule has 0 aromatic heterocycles. The Morgan fingerprint density at radius 1 is 1.22 bits per heavy atom. The van der Waals surface area contributed by atoms with Crippen LogP contribution in [-0.4, -0.2) is 23.2 Å². The van der Waals surface area contributed by atoms with Crippen LogP contribution in [0, 0.1) is 22.1 Å². The second-order valence-corrected chi connectivity index (χ2v) is 7.94. The lowest BCUT2D eigenvalue weighted by atomic mass is 9.81. The molecule has 1 aliphatic carbocycles. The molecule has 1 fully saturated rings. The van der Waals surface area contributed by atoms with E-state index in [1.807, 2.05) is 19.1 Å². The second kappa shape index (κ2) is 8.07. The summed E-state index contributed by atoms with van der Waals surface area (Å²) in [6.45, 7) is 1.81. The van der Waals surface area contributed by atoms with Gasteiger partial charge < -0.3 is 10.4 Å². The number of aryl methyl sites for hydroxylation is 1. The fraction of sp³-hybridized carbons (Fsp3) is 0.316. The summed E-state index contributed by atoms with van der Waals surface area (Å²) in [5, 5.41) is 12.9. The Morgan fingerprint density at radius 2 is 1.93 bits per heavy atom. The van der Waals surface area contributed by atoms with Crippen LogP contribution in [0.1, 0.15) is 35.2 Å². The number of benzene rings is 2. The van der Waals surface area contributed by atoms with Gasteiger partial charge in [-0.1, -0.05) is 0 Å². The molecule has 27 heavy (non-hydrogen) atoms. The molecular formula is C19H19F2IN2O3. The van der Waals surface area contributed by atoms with Gasteiger partial charge in [-0.25, -0.2) is 14.3 Å². The smallest absolute Gasteiger partial charge is 0.277 e. The molecule has 1 amide bonds. The van der Waals surface area contributed by atoms with E-state index < -0.39 is 23.1 Å². The van der Waals surface area contributed by atoms with Crippen molar-refractivity contribution < 1.29 is 23.5 Å². The average molecular weight is 488 g/mol. The summed E-state index contributed by atoms with van der Waals surface area (Å²) in [6.07, 6.45) is 2.11. The maximum Gasteiger partial charge on any atom is 0.277 e. The highest BCUT2D eigenvalue weighted by atomic mass is 127. The van der Waals surface area contributed by atoms with Crippen molar-refractivity contribution in [2.75, 3.05) is 11.9 Å². The summed E-state index contributed by atoms with van der Waals surface area (Å²) >= 11 is 2.17. The zero-order valence-electron chi connectivity index (χ0n) is 14.6. The van der Waals surface area contributed by atoms with Crippen molar-refractivity contribution in [2.45, 2.75) is 31.8 Å². The summed E-state index contributed by atoms with van der Waals surface area (Å²) < 4.78 is 28.5. The largest absolute Gasteiger partial charge is 0.387 e. The maximum absolute atomic E-state index is 13.7. The standard InChI is InChI=1S/C19H19F2IN2O3/c1-11-7-12(22)3-4-16(11)23-17-9-15(21)14(20)8-13(17)18(25)24-27-10-19(26)5-2-6-19/h3-4,7-9,23,26H,2,5-6,10H2,1H3,(H,24,25). The fourth-order valence-electron chi connectivity index (χ4n) is 2.77. The lowest BCUT2D eigenvalue weighted by Gasteiger charge is -2.35. The van der Waals surface area contributed by atoms with Crippen molar-refractivity contribution in [2.24, 2.45) is 0 Å². The van der Waals surface area contributed by atoms with Crippen molar-refractivity contribution in [1.29, 1.82) is 0 Å². The molecular weight excluding hydrogens is 469 g/mol. The van der Waals surface area contributed by atoms with Gasteiger partial charge in [0.2, 0.25) is 0 Å². The van der Waals surface area contributed by atoms with E-state index in [1.54, 1.807) is 6.07 Å². The van der Waals surface area contributed by atoms with E-state index in [0.29, 0.717) is 18.5 Å². The number of amides is 1. The average Bonchev–Trinajstić information content (AvgIpc) is 2.58. The third-order valence-corrected chi connectivity index (χ3v) is 5.22. The second-order valence-electron chi connectivity index (χ2n) is 6.69. The van der Waals surface area contributed by atoms with Gasteiger partial charge in [0.1, 0.15) is 6.61 Å². The predicted molar refractivity (Wildman–Crippen MR) is 106 cm³/mol.